The van der Waals surface area contributed by atoms with Crippen molar-refractivity contribution in [1.29, 1.82) is 0 Å². The van der Waals surface area contributed by atoms with Crippen molar-refractivity contribution in [2.45, 2.75) is 59.3 Å². The van der Waals surface area contributed by atoms with E-state index in [1.54, 1.807) is 6.92 Å². The lowest BCUT2D eigenvalue weighted by atomic mass is 9.81. The van der Waals surface area contributed by atoms with Crippen LogP contribution in [0.5, 0.6) is 0 Å². The number of ketones is 1. The van der Waals surface area contributed by atoms with Gasteiger partial charge in [0.25, 0.3) is 0 Å². The first-order valence-electron chi connectivity index (χ1n) is 7.60. The average Bonchev–Trinajstić information content (AvgIpc) is 2.34. The summed E-state index contributed by atoms with van der Waals surface area (Å²) >= 11 is 0. The van der Waals surface area contributed by atoms with Gasteiger partial charge in [0, 0.05) is 5.56 Å². The van der Waals surface area contributed by atoms with Crippen LogP contribution in [0.1, 0.15) is 70.0 Å². The molecule has 0 atom stereocenters. The Morgan fingerprint density at radius 2 is 1.38 bits per heavy atom. The second-order valence-electron chi connectivity index (χ2n) is 8.02. The van der Waals surface area contributed by atoms with Gasteiger partial charge in [0.1, 0.15) is 0 Å². The Morgan fingerprint density at radius 1 is 0.810 bits per heavy atom. The van der Waals surface area contributed by atoms with Gasteiger partial charge in [0.2, 0.25) is 0 Å². The predicted octanol–water partition coefficient (Wildman–Crippen LogP) is 5.64. The number of Topliss-reactive ketones (excluding diaryl/α,β-unsaturated/α-hetero) is 1. The van der Waals surface area contributed by atoms with Crippen LogP contribution >= 0.6 is 0 Å². The molecule has 0 aliphatic rings. The van der Waals surface area contributed by atoms with E-state index in [9.17, 15) is 4.79 Å². The fraction of sp³-hybridized carbons (Fsp3) is 0.450. The summed E-state index contributed by atoms with van der Waals surface area (Å²) < 4.78 is 0. The lowest BCUT2D eigenvalue weighted by Crippen LogP contribution is -2.13. The zero-order valence-corrected chi connectivity index (χ0v) is 14.3. The fourth-order valence-electron chi connectivity index (χ4n) is 2.55. The molecule has 0 heterocycles. The third-order valence-corrected chi connectivity index (χ3v) is 4.07. The average molecular weight is 282 g/mol. The number of benzene rings is 2. The summed E-state index contributed by atoms with van der Waals surface area (Å²) in [5.41, 5.74) is 3.44. The van der Waals surface area contributed by atoms with E-state index in [0.717, 1.165) is 16.3 Å². The minimum Gasteiger partial charge on any atom is -0.294 e. The monoisotopic (exact) mass is 282 g/mol. The van der Waals surface area contributed by atoms with Crippen LogP contribution in [0.3, 0.4) is 0 Å². The third-order valence-electron chi connectivity index (χ3n) is 4.07. The summed E-state index contributed by atoms with van der Waals surface area (Å²) in [5.74, 6) is 0.136. The van der Waals surface area contributed by atoms with E-state index >= 15 is 0 Å². The van der Waals surface area contributed by atoms with Crippen molar-refractivity contribution in [1.82, 2.24) is 0 Å². The molecule has 0 amide bonds. The predicted molar refractivity (Wildman–Crippen MR) is 91.4 cm³/mol. The maximum atomic E-state index is 12.1. The molecule has 0 N–H and O–H groups in total. The van der Waals surface area contributed by atoms with Crippen LogP contribution in [0.2, 0.25) is 0 Å². The number of rotatable bonds is 1. The van der Waals surface area contributed by atoms with Crippen LogP contribution in [-0.4, -0.2) is 5.78 Å². The molecule has 0 fully saturated rings. The van der Waals surface area contributed by atoms with Gasteiger partial charge in [-0.2, -0.15) is 0 Å². The minimum atomic E-state index is 0.0427. The van der Waals surface area contributed by atoms with Crippen molar-refractivity contribution in [3.63, 3.8) is 0 Å². The molecule has 0 radical (unpaired) electrons. The second kappa shape index (κ2) is 4.98. The normalized spacial score (nSPS) is 12.7. The van der Waals surface area contributed by atoms with Crippen molar-refractivity contribution in [3.05, 3.63) is 47.0 Å². The Kier molecular flexibility index (Phi) is 3.73. The lowest BCUT2D eigenvalue weighted by molar-refractivity contribution is 0.101. The molecule has 21 heavy (non-hydrogen) atoms. The Bertz CT molecular complexity index is 694. The molecule has 112 valence electrons. The quantitative estimate of drug-likeness (QED) is 0.619. The molecule has 0 aromatic heterocycles. The topological polar surface area (TPSA) is 17.1 Å². The first-order chi connectivity index (χ1) is 9.50. The Balaban J connectivity index is 2.80. The van der Waals surface area contributed by atoms with Gasteiger partial charge < -0.3 is 0 Å². The van der Waals surface area contributed by atoms with Gasteiger partial charge in [-0.3, -0.25) is 4.79 Å². The van der Waals surface area contributed by atoms with Crippen LogP contribution in [0.4, 0.5) is 0 Å². The maximum Gasteiger partial charge on any atom is 0.160 e. The molecule has 0 aliphatic heterocycles. The summed E-state index contributed by atoms with van der Waals surface area (Å²) in [5, 5.41) is 2.23. The van der Waals surface area contributed by atoms with Gasteiger partial charge in [-0.15, -0.1) is 0 Å². The highest BCUT2D eigenvalue weighted by atomic mass is 16.1. The molecule has 0 bridgehead atoms. The smallest absolute Gasteiger partial charge is 0.160 e. The summed E-state index contributed by atoms with van der Waals surface area (Å²) in [6.45, 7) is 14.8. The SMILES string of the molecule is CC(=O)c1cc(C(C)(C)C)cc2ccc(C(C)(C)C)cc12. The van der Waals surface area contributed by atoms with Gasteiger partial charge >= 0.3 is 0 Å². The Hall–Kier alpha value is -1.63. The molecule has 1 heteroatoms. The highest BCUT2D eigenvalue weighted by Gasteiger charge is 2.19. The number of fused-ring (bicyclic) bond motifs is 1. The van der Waals surface area contributed by atoms with Crippen molar-refractivity contribution in [2.24, 2.45) is 0 Å². The molecule has 2 rings (SSSR count). The van der Waals surface area contributed by atoms with Crippen LogP contribution in [0.15, 0.2) is 30.3 Å². The van der Waals surface area contributed by atoms with E-state index in [-0.39, 0.29) is 16.6 Å². The summed E-state index contributed by atoms with van der Waals surface area (Å²) in [6, 6.07) is 10.8. The number of hydrogen-bond acceptors (Lipinski definition) is 1. The van der Waals surface area contributed by atoms with Crippen LogP contribution in [-0.2, 0) is 10.8 Å². The van der Waals surface area contributed by atoms with Crippen LogP contribution in [0.25, 0.3) is 10.8 Å². The van der Waals surface area contributed by atoms with Crippen molar-refractivity contribution in [2.75, 3.05) is 0 Å². The fourth-order valence-corrected chi connectivity index (χ4v) is 2.55. The van der Waals surface area contributed by atoms with Gasteiger partial charge in [-0.25, -0.2) is 0 Å². The molecule has 0 saturated heterocycles. The van der Waals surface area contributed by atoms with Crippen molar-refractivity contribution < 1.29 is 4.79 Å². The first kappa shape index (κ1) is 15.8. The Morgan fingerprint density at radius 3 is 1.86 bits per heavy atom. The molecule has 2 aromatic rings. The van der Waals surface area contributed by atoms with Gasteiger partial charge in [0.15, 0.2) is 5.78 Å². The zero-order valence-electron chi connectivity index (χ0n) is 14.3. The van der Waals surface area contributed by atoms with E-state index in [2.05, 4.69) is 71.9 Å². The third kappa shape index (κ3) is 3.18. The van der Waals surface area contributed by atoms with Crippen LogP contribution in [0, 0.1) is 0 Å². The molecule has 0 spiro atoms. The Labute approximate surface area is 128 Å². The summed E-state index contributed by atoms with van der Waals surface area (Å²) in [6.07, 6.45) is 0. The molecule has 0 saturated carbocycles. The molecule has 0 aliphatic carbocycles. The van der Waals surface area contributed by atoms with Crippen molar-refractivity contribution >= 4 is 16.6 Å². The van der Waals surface area contributed by atoms with Gasteiger partial charge in [-0.05, 0) is 51.8 Å². The highest BCUT2D eigenvalue weighted by molar-refractivity contribution is 6.07. The van der Waals surface area contributed by atoms with E-state index in [1.807, 2.05) is 0 Å². The van der Waals surface area contributed by atoms with Crippen LogP contribution < -0.4 is 0 Å². The minimum absolute atomic E-state index is 0.0427. The van der Waals surface area contributed by atoms with E-state index in [0.29, 0.717) is 0 Å². The first-order valence-corrected chi connectivity index (χ1v) is 7.60. The number of hydrogen-bond donors (Lipinski definition) is 0. The largest absolute Gasteiger partial charge is 0.294 e. The molecule has 1 nitrogen and oxygen atoms in total. The highest BCUT2D eigenvalue weighted by Crippen LogP contribution is 2.32. The van der Waals surface area contributed by atoms with E-state index < -0.39 is 0 Å². The molecular weight excluding hydrogens is 256 g/mol. The molecule has 0 unspecified atom stereocenters. The van der Waals surface area contributed by atoms with Gasteiger partial charge in [0.05, 0.1) is 0 Å². The van der Waals surface area contributed by atoms with E-state index in [1.165, 1.54) is 11.1 Å². The van der Waals surface area contributed by atoms with E-state index in [4.69, 9.17) is 0 Å². The second-order valence-corrected chi connectivity index (χ2v) is 8.02. The van der Waals surface area contributed by atoms with Crippen molar-refractivity contribution in [3.8, 4) is 0 Å². The zero-order chi connectivity index (χ0) is 16.0. The number of carbonyl (C=O) groups is 1. The molecule has 2 aromatic carbocycles. The maximum absolute atomic E-state index is 12.1. The number of carbonyl (C=O) groups excluding carboxylic acids is 1. The standard InChI is InChI=1S/C20H26O/c1-13(21)17-12-16(20(5,6)7)10-14-8-9-15(11-18(14)17)19(2,3)4/h8-12H,1-7H3. The molecular formula is C20H26O. The summed E-state index contributed by atoms with van der Waals surface area (Å²) in [7, 11) is 0. The van der Waals surface area contributed by atoms with Gasteiger partial charge in [-0.1, -0.05) is 59.7 Å². The lowest BCUT2D eigenvalue weighted by Gasteiger charge is -2.23. The summed E-state index contributed by atoms with van der Waals surface area (Å²) in [4.78, 5) is 12.1.